The topological polar surface area (TPSA) is 125 Å². The van der Waals surface area contributed by atoms with Crippen molar-refractivity contribution >= 4 is 0 Å². The zero-order chi connectivity index (χ0) is 13.4. The van der Waals surface area contributed by atoms with Gasteiger partial charge in [-0.25, -0.2) is 4.79 Å². The second-order valence-corrected chi connectivity index (χ2v) is 4.21. The van der Waals surface area contributed by atoms with Gasteiger partial charge in [-0.1, -0.05) is 0 Å². The van der Waals surface area contributed by atoms with Crippen LogP contribution in [-0.2, 0) is 4.74 Å². The van der Waals surface area contributed by atoms with Gasteiger partial charge in [0.1, 0.15) is 18.3 Å². The average molecular weight is 258 g/mol. The number of rotatable bonds is 2. The van der Waals surface area contributed by atoms with Gasteiger partial charge in [0.2, 0.25) is 0 Å². The van der Waals surface area contributed by atoms with Gasteiger partial charge in [-0.3, -0.25) is 14.3 Å². The van der Waals surface area contributed by atoms with E-state index in [0.717, 1.165) is 4.57 Å². The van der Waals surface area contributed by atoms with Crippen LogP contribution in [0.3, 0.4) is 0 Å². The van der Waals surface area contributed by atoms with Gasteiger partial charge < -0.3 is 20.1 Å². The lowest BCUT2D eigenvalue weighted by Crippen LogP contribution is -2.38. The number of ether oxygens (including phenoxy) is 1. The largest absolute Gasteiger partial charge is 0.394 e. The molecule has 0 radical (unpaired) electrons. The molecule has 18 heavy (non-hydrogen) atoms. The number of aryl methyl sites for hydroxylation is 1. The number of hydrogen-bond acceptors (Lipinski definition) is 6. The normalized spacial score (nSPS) is 31.8. The van der Waals surface area contributed by atoms with Crippen LogP contribution >= 0.6 is 0 Å². The van der Waals surface area contributed by atoms with E-state index < -0.39 is 42.4 Å². The maximum absolute atomic E-state index is 11.6. The molecule has 0 bridgehead atoms. The summed E-state index contributed by atoms with van der Waals surface area (Å²) in [5, 5.41) is 28.3. The van der Waals surface area contributed by atoms with Gasteiger partial charge in [0.25, 0.3) is 5.56 Å². The molecular weight excluding hydrogens is 244 g/mol. The lowest BCUT2D eigenvalue weighted by Gasteiger charge is -2.17. The van der Waals surface area contributed by atoms with Gasteiger partial charge in [0.15, 0.2) is 6.23 Å². The first-order valence-corrected chi connectivity index (χ1v) is 5.40. The number of H-pyrrole nitrogens is 1. The minimum absolute atomic E-state index is 0.271. The van der Waals surface area contributed by atoms with E-state index in [1.807, 2.05) is 0 Å². The average Bonchev–Trinajstić information content (AvgIpc) is 2.61. The van der Waals surface area contributed by atoms with Crippen LogP contribution in [0.2, 0.25) is 0 Å². The number of aromatic amines is 1. The van der Waals surface area contributed by atoms with Crippen LogP contribution in [-0.4, -0.2) is 49.8 Å². The van der Waals surface area contributed by atoms with E-state index in [2.05, 4.69) is 4.98 Å². The van der Waals surface area contributed by atoms with E-state index in [1.165, 1.54) is 13.1 Å². The van der Waals surface area contributed by atoms with Crippen molar-refractivity contribution in [1.29, 1.82) is 0 Å². The molecule has 1 fully saturated rings. The summed E-state index contributed by atoms with van der Waals surface area (Å²) in [6.07, 6.45) is -3.52. The number of aliphatic hydroxyl groups excluding tert-OH is 3. The van der Waals surface area contributed by atoms with E-state index in [0.29, 0.717) is 0 Å². The van der Waals surface area contributed by atoms with Gasteiger partial charge in [0, 0.05) is 11.8 Å². The third kappa shape index (κ3) is 1.99. The third-order valence-corrected chi connectivity index (χ3v) is 2.94. The molecule has 8 nitrogen and oxygen atoms in total. The van der Waals surface area contributed by atoms with Crippen LogP contribution in [0.25, 0.3) is 0 Å². The maximum Gasteiger partial charge on any atom is 0.330 e. The standard InChI is InChI=1S/C10H14N2O6/c1-4-2-12(10(17)11-8(4)16)9-7(15)6(14)5(3-13)18-9/h2,5-7,9,13-15H,3H2,1H3,(H,11,16,17)/t5?,6-,7-,9-/m1/s1. The van der Waals surface area contributed by atoms with Crippen LogP contribution in [0.4, 0.5) is 0 Å². The van der Waals surface area contributed by atoms with Crippen molar-refractivity contribution in [2.75, 3.05) is 6.61 Å². The predicted molar refractivity (Wildman–Crippen MR) is 59.1 cm³/mol. The Balaban J connectivity index is 2.42. The number of nitrogens with zero attached hydrogens (tertiary/aromatic N) is 1. The van der Waals surface area contributed by atoms with Crippen molar-refractivity contribution < 1.29 is 20.1 Å². The summed E-state index contributed by atoms with van der Waals surface area (Å²) in [5.41, 5.74) is -1.00. The summed E-state index contributed by atoms with van der Waals surface area (Å²) < 4.78 is 6.17. The van der Waals surface area contributed by atoms with E-state index in [9.17, 15) is 19.8 Å². The fraction of sp³-hybridized carbons (Fsp3) is 0.600. The van der Waals surface area contributed by atoms with E-state index in [1.54, 1.807) is 0 Å². The third-order valence-electron chi connectivity index (χ3n) is 2.94. The van der Waals surface area contributed by atoms with Crippen molar-refractivity contribution in [2.24, 2.45) is 0 Å². The molecule has 2 heterocycles. The molecule has 100 valence electrons. The molecule has 0 saturated carbocycles. The molecule has 1 aliphatic rings. The monoisotopic (exact) mass is 258 g/mol. The molecule has 0 spiro atoms. The van der Waals surface area contributed by atoms with Crippen molar-refractivity contribution in [3.05, 3.63) is 32.6 Å². The highest BCUT2D eigenvalue weighted by atomic mass is 16.6. The quantitative estimate of drug-likeness (QED) is 0.463. The predicted octanol–water partition coefficient (Wildman–Crippen LogP) is -2.54. The Hall–Kier alpha value is -1.48. The zero-order valence-electron chi connectivity index (χ0n) is 9.61. The fourth-order valence-electron chi connectivity index (χ4n) is 1.88. The Kier molecular flexibility index (Phi) is 3.35. The molecule has 1 aromatic rings. The molecule has 1 unspecified atom stereocenters. The second kappa shape index (κ2) is 4.65. The van der Waals surface area contributed by atoms with E-state index >= 15 is 0 Å². The summed E-state index contributed by atoms with van der Waals surface area (Å²) in [4.78, 5) is 24.9. The van der Waals surface area contributed by atoms with Gasteiger partial charge in [-0.05, 0) is 6.92 Å². The Bertz CT molecular complexity index is 550. The van der Waals surface area contributed by atoms with Crippen molar-refractivity contribution in [3.63, 3.8) is 0 Å². The number of aliphatic hydroxyl groups is 3. The minimum Gasteiger partial charge on any atom is -0.394 e. The van der Waals surface area contributed by atoms with E-state index in [4.69, 9.17) is 9.84 Å². The highest BCUT2D eigenvalue weighted by Gasteiger charge is 2.43. The summed E-state index contributed by atoms with van der Waals surface area (Å²) >= 11 is 0. The van der Waals surface area contributed by atoms with E-state index in [-0.39, 0.29) is 5.56 Å². The molecule has 2 rings (SSSR count). The lowest BCUT2D eigenvalue weighted by molar-refractivity contribution is -0.0551. The van der Waals surface area contributed by atoms with Crippen LogP contribution in [0.15, 0.2) is 15.8 Å². The van der Waals surface area contributed by atoms with Crippen molar-refractivity contribution in [1.82, 2.24) is 9.55 Å². The first-order valence-electron chi connectivity index (χ1n) is 5.40. The first-order chi connectivity index (χ1) is 8.45. The molecule has 8 heteroatoms. The Morgan fingerprint density at radius 2 is 2.06 bits per heavy atom. The first kappa shape index (κ1) is 13.0. The minimum atomic E-state index is -1.36. The van der Waals surface area contributed by atoms with Crippen LogP contribution in [0, 0.1) is 6.92 Å². The van der Waals surface area contributed by atoms with Crippen molar-refractivity contribution in [2.45, 2.75) is 31.5 Å². The molecule has 4 N–H and O–H groups in total. The molecule has 1 aliphatic heterocycles. The second-order valence-electron chi connectivity index (χ2n) is 4.21. The smallest absolute Gasteiger partial charge is 0.330 e. The van der Waals surface area contributed by atoms with Gasteiger partial charge >= 0.3 is 5.69 Å². The summed E-state index contributed by atoms with van der Waals surface area (Å²) in [5.74, 6) is 0. The molecule has 0 aromatic carbocycles. The number of aromatic nitrogens is 2. The highest BCUT2D eigenvalue weighted by Crippen LogP contribution is 2.27. The van der Waals surface area contributed by atoms with Crippen molar-refractivity contribution in [3.8, 4) is 0 Å². The summed E-state index contributed by atoms with van der Waals surface area (Å²) in [6.45, 7) is 1.02. The van der Waals surface area contributed by atoms with Gasteiger partial charge in [-0.2, -0.15) is 0 Å². The van der Waals surface area contributed by atoms with Gasteiger partial charge in [-0.15, -0.1) is 0 Å². The van der Waals surface area contributed by atoms with Gasteiger partial charge in [0.05, 0.1) is 6.61 Å². The highest BCUT2D eigenvalue weighted by molar-refractivity contribution is 5.03. The fourth-order valence-corrected chi connectivity index (χ4v) is 1.88. The molecular formula is C10H14N2O6. The van der Waals surface area contributed by atoms with Crippen LogP contribution < -0.4 is 11.2 Å². The Labute approximate surface area is 101 Å². The van der Waals surface area contributed by atoms with Crippen LogP contribution in [0.1, 0.15) is 11.8 Å². The SMILES string of the molecule is Cc1cn([C@@H]2OC(CO)[C@@H](O)[C@H]2O)c(=O)[nH]c1=O. The molecule has 1 aromatic heterocycles. The maximum atomic E-state index is 11.6. The zero-order valence-corrected chi connectivity index (χ0v) is 9.61. The number of hydrogen-bond donors (Lipinski definition) is 4. The van der Waals surface area contributed by atoms with Crippen LogP contribution in [0.5, 0.6) is 0 Å². The Morgan fingerprint density at radius 1 is 1.39 bits per heavy atom. The number of nitrogens with one attached hydrogen (secondary N) is 1. The summed E-state index contributed by atoms with van der Waals surface area (Å²) in [7, 11) is 0. The molecule has 4 atom stereocenters. The lowest BCUT2D eigenvalue weighted by atomic mass is 10.1. The molecule has 1 saturated heterocycles. The Morgan fingerprint density at radius 3 is 2.61 bits per heavy atom. The molecule has 0 amide bonds. The molecule has 0 aliphatic carbocycles. The summed E-state index contributed by atoms with van der Waals surface area (Å²) in [6, 6.07) is 0.